The summed E-state index contributed by atoms with van der Waals surface area (Å²) in [5, 5.41) is 0. The number of halogens is 3. The third-order valence-corrected chi connectivity index (χ3v) is 3.84. The molecular formula is C17H17F3N4. The quantitative estimate of drug-likeness (QED) is 0.834. The molecule has 2 heterocycles. The zero-order valence-electron chi connectivity index (χ0n) is 13.6. The zero-order valence-corrected chi connectivity index (χ0v) is 13.6. The van der Waals surface area contributed by atoms with Crippen LogP contribution in [0.5, 0.6) is 0 Å². The first-order valence-electron chi connectivity index (χ1n) is 7.39. The molecule has 1 aromatic carbocycles. The number of hydrogen-bond acceptors (Lipinski definition) is 4. The number of pyridine rings is 1. The highest BCUT2D eigenvalue weighted by atomic mass is 19.4. The van der Waals surface area contributed by atoms with Crippen LogP contribution < -0.4 is 4.90 Å². The number of anilines is 1. The molecule has 1 aliphatic rings. The summed E-state index contributed by atoms with van der Waals surface area (Å²) in [7, 11) is 5.30. The van der Waals surface area contributed by atoms with E-state index in [1.54, 1.807) is 43.5 Å². The van der Waals surface area contributed by atoms with Gasteiger partial charge in [-0.1, -0.05) is 12.1 Å². The van der Waals surface area contributed by atoms with Gasteiger partial charge in [0.1, 0.15) is 0 Å². The van der Waals surface area contributed by atoms with Gasteiger partial charge in [0, 0.05) is 44.5 Å². The molecule has 0 radical (unpaired) electrons. The molecular weight excluding hydrogens is 317 g/mol. The summed E-state index contributed by atoms with van der Waals surface area (Å²) >= 11 is 0. The molecule has 1 aliphatic heterocycles. The van der Waals surface area contributed by atoms with E-state index in [1.165, 1.54) is 6.07 Å². The molecule has 7 heteroatoms. The highest BCUT2D eigenvalue weighted by Gasteiger charge is 2.35. The first-order valence-corrected chi connectivity index (χ1v) is 7.39. The van der Waals surface area contributed by atoms with Crippen molar-refractivity contribution < 1.29 is 13.2 Å². The summed E-state index contributed by atoms with van der Waals surface area (Å²) in [6, 6.07) is 7.57. The number of aliphatic imine (C=N–C) groups is 1. The third-order valence-electron chi connectivity index (χ3n) is 3.84. The minimum atomic E-state index is -4.46. The Bertz CT molecular complexity index is 797. The van der Waals surface area contributed by atoms with E-state index in [-0.39, 0.29) is 11.3 Å². The first-order chi connectivity index (χ1) is 11.3. The van der Waals surface area contributed by atoms with Crippen LogP contribution >= 0.6 is 0 Å². The van der Waals surface area contributed by atoms with Crippen LogP contribution in [-0.2, 0) is 12.7 Å². The van der Waals surface area contributed by atoms with E-state index in [4.69, 9.17) is 0 Å². The van der Waals surface area contributed by atoms with Crippen LogP contribution in [0.25, 0.3) is 11.3 Å². The van der Waals surface area contributed by atoms with Crippen molar-refractivity contribution in [3.8, 4) is 11.3 Å². The fraction of sp³-hybridized carbons (Fsp3) is 0.294. The fourth-order valence-electron chi connectivity index (χ4n) is 2.73. The van der Waals surface area contributed by atoms with Gasteiger partial charge >= 0.3 is 6.18 Å². The molecule has 0 saturated carbocycles. The van der Waals surface area contributed by atoms with Crippen LogP contribution in [0, 0.1) is 0 Å². The standard InChI is InChI=1S/C17H17F3N4/c1-23(2)14-6-4-5-12(17(18,19)20)15(14)13-8-7-11-9-24(3)10-21-16(11)22-13/h4-8,10H,9H2,1-3H3. The molecule has 3 rings (SSSR count). The SMILES string of the molecule is CN1C=Nc2nc(-c3c(N(C)C)cccc3C(F)(F)F)ccc2C1. The number of alkyl halides is 3. The van der Waals surface area contributed by atoms with Gasteiger partial charge in [-0.05, 0) is 18.2 Å². The first kappa shape index (κ1) is 16.3. The number of nitrogens with zero attached hydrogens (tertiary/aromatic N) is 4. The van der Waals surface area contributed by atoms with E-state index in [9.17, 15) is 13.2 Å². The van der Waals surface area contributed by atoms with Crippen molar-refractivity contribution in [1.82, 2.24) is 9.88 Å². The van der Waals surface area contributed by atoms with Crippen molar-refractivity contribution in [2.75, 3.05) is 26.0 Å². The van der Waals surface area contributed by atoms with Crippen molar-refractivity contribution >= 4 is 17.8 Å². The summed E-state index contributed by atoms with van der Waals surface area (Å²) in [5.74, 6) is 0.465. The zero-order chi connectivity index (χ0) is 17.5. The molecule has 0 N–H and O–H groups in total. The van der Waals surface area contributed by atoms with Crippen molar-refractivity contribution in [3.05, 3.63) is 41.5 Å². The Labute approximate surface area is 138 Å². The normalized spacial score (nSPS) is 13.8. The number of rotatable bonds is 2. The molecule has 4 nitrogen and oxygen atoms in total. The third kappa shape index (κ3) is 2.93. The van der Waals surface area contributed by atoms with E-state index >= 15 is 0 Å². The highest BCUT2D eigenvalue weighted by Crippen LogP contribution is 2.42. The molecule has 0 saturated heterocycles. The van der Waals surface area contributed by atoms with Crippen LogP contribution in [-0.4, -0.2) is 37.4 Å². The van der Waals surface area contributed by atoms with Gasteiger partial charge in [0.15, 0.2) is 5.82 Å². The van der Waals surface area contributed by atoms with E-state index < -0.39 is 11.7 Å². The van der Waals surface area contributed by atoms with Crippen molar-refractivity contribution in [1.29, 1.82) is 0 Å². The predicted octanol–water partition coefficient (Wildman–Crippen LogP) is 3.94. The second-order valence-corrected chi connectivity index (χ2v) is 5.93. The van der Waals surface area contributed by atoms with Crippen LogP contribution in [0.1, 0.15) is 11.1 Å². The minimum absolute atomic E-state index is 0.0759. The lowest BCUT2D eigenvalue weighted by molar-refractivity contribution is -0.137. The Balaban J connectivity index is 2.22. The second-order valence-electron chi connectivity index (χ2n) is 5.93. The van der Waals surface area contributed by atoms with E-state index in [0.717, 1.165) is 11.6 Å². The Kier molecular flexibility index (Phi) is 3.95. The Morgan fingerprint density at radius 1 is 1.12 bits per heavy atom. The second kappa shape index (κ2) is 5.81. The molecule has 2 aromatic rings. The summed E-state index contributed by atoms with van der Waals surface area (Å²) < 4.78 is 40.5. The lowest BCUT2D eigenvalue weighted by Gasteiger charge is -2.23. The van der Waals surface area contributed by atoms with Crippen molar-refractivity contribution in [3.63, 3.8) is 0 Å². The molecule has 126 valence electrons. The van der Waals surface area contributed by atoms with Gasteiger partial charge in [0.2, 0.25) is 0 Å². The molecule has 0 unspecified atom stereocenters. The van der Waals surface area contributed by atoms with Gasteiger partial charge in [-0.2, -0.15) is 13.2 Å². The molecule has 0 atom stereocenters. The van der Waals surface area contributed by atoms with E-state index in [2.05, 4.69) is 9.98 Å². The lowest BCUT2D eigenvalue weighted by atomic mass is 9.99. The highest BCUT2D eigenvalue weighted by molar-refractivity contribution is 5.81. The van der Waals surface area contributed by atoms with Crippen molar-refractivity contribution in [2.24, 2.45) is 4.99 Å². The van der Waals surface area contributed by atoms with E-state index in [1.807, 2.05) is 11.9 Å². The maximum atomic E-state index is 13.5. The average molecular weight is 334 g/mol. The molecule has 24 heavy (non-hydrogen) atoms. The topological polar surface area (TPSA) is 31.7 Å². The van der Waals surface area contributed by atoms with Gasteiger partial charge in [-0.3, -0.25) is 0 Å². The summed E-state index contributed by atoms with van der Waals surface area (Å²) in [4.78, 5) is 12.1. The number of hydrogen-bond donors (Lipinski definition) is 0. The summed E-state index contributed by atoms with van der Waals surface area (Å²) in [5.41, 5.74) is 1.01. The number of benzene rings is 1. The minimum Gasteiger partial charge on any atom is -0.377 e. The van der Waals surface area contributed by atoms with Gasteiger partial charge in [0.05, 0.1) is 17.6 Å². The molecule has 1 aromatic heterocycles. The monoisotopic (exact) mass is 334 g/mol. The molecule has 0 bridgehead atoms. The maximum absolute atomic E-state index is 13.5. The number of aromatic nitrogens is 1. The van der Waals surface area contributed by atoms with Crippen LogP contribution in [0.15, 0.2) is 35.3 Å². The Hall–Kier alpha value is -2.57. The molecule has 0 spiro atoms. The Morgan fingerprint density at radius 3 is 2.54 bits per heavy atom. The maximum Gasteiger partial charge on any atom is 0.417 e. The molecule has 0 fully saturated rings. The smallest absolute Gasteiger partial charge is 0.377 e. The van der Waals surface area contributed by atoms with Gasteiger partial charge in [0.25, 0.3) is 0 Å². The summed E-state index contributed by atoms with van der Waals surface area (Å²) in [6.45, 7) is 0.633. The lowest BCUT2D eigenvalue weighted by Crippen LogP contribution is -2.19. The average Bonchev–Trinajstić information content (AvgIpc) is 2.52. The molecule has 0 aliphatic carbocycles. The van der Waals surface area contributed by atoms with Gasteiger partial charge < -0.3 is 9.80 Å². The summed E-state index contributed by atoms with van der Waals surface area (Å²) in [6.07, 6.45) is -2.83. The van der Waals surface area contributed by atoms with Crippen molar-refractivity contribution in [2.45, 2.75) is 12.7 Å². The van der Waals surface area contributed by atoms with E-state index in [0.29, 0.717) is 18.1 Å². The van der Waals surface area contributed by atoms with Gasteiger partial charge in [-0.15, -0.1) is 0 Å². The fourth-order valence-corrected chi connectivity index (χ4v) is 2.73. The number of fused-ring (bicyclic) bond motifs is 1. The van der Waals surface area contributed by atoms with Gasteiger partial charge in [-0.25, -0.2) is 9.98 Å². The van der Waals surface area contributed by atoms with Crippen LogP contribution in [0.4, 0.5) is 24.7 Å². The Morgan fingerprint density at radius 2 is 1.88 bits per heavy atom. The van der Waals surface area contributed by atoms with Crippen LogP contribution in [0.3, 0.4) is 0 Å². The predicted molar refractivity (Wildman–Crippen MR) is 88.6 cm³/mol. The molecule has 0 amide bonds. The largest absolute Gasteiger partial charge is 0.417 e. The van der Waals surface area contributed by atoms with Crippen LogP contribution in [0.2, 0.25) is 0 Å².